The summed E-state index contributed by atoms with van der Waals surface area (Å²) in [5.74, 6) is 7.07. The van der Waals surface area contributed by atoms with Gasteiger partial charge in [-0.15, -0.1) is 0 Å². The van der Waals surface area contributed by atoms with Crippen LogP contribution in [-0.2, 0) is 4.79 Å². The number of carbonyl (C=O) groups excluding carboxylic acids is 1. The number of hydrogen-bond donors (Lipinski definition) is 2. The average Bonchev–Trinajstić information content (AvgIpc) is 3.17. The molecular formula is C27H36N2O3. The predicted molar refractivity (Wildman–Crippen MR) is 124 cm³/mol. The molecule has 1 amide bonds. The lowest BCUT2D eigenvalue weighted by Crippen LogP contribution is -2.68. The van der Waals surface area contributed by atoms with Gasteiger partial charge in [0.05, 0.1) is 6.61 Å². The molecule has 2 heterocycles. The third kappa shape index (κ3) is 4.21. The van der Waals surface area contributed by atoms with Crippen molar-refractivity contribution in [3.8, 4) is 11.8 Å². The average molecular weight is 437 g/mol. The van der Waals surface area contributed by atoms with Gasteiger partial charge in [0.25, 0.3) is 0 Å². The zero-order valence-electron chi connectivity index (χ0n) is 19.0. The standard InChI is InChI=1S/C27H36N2O3/c30-19-24-25(21-10-8-20(9-11-21)12-15-27(32)13-1-2-14-27)23-18-28(16-3-4-17-29(23)24)26(31)22-6-5-7-22/h8-11,22-25,30,32H,1-7,13-14,16-19H2/t23-,24+,25+/m0/s1. The highest BCUT2D eigenvalue weighted by atomic mass is 16.3. The van der Waals surface area contributed by atoms with Crippen LogP contribution in [0.15, 0.2) is 24.3 Å². The Labute approximate surface area is 191 Å². The number of carbonyl (C=O) groups is 1. The number of amides is 1. The van der Waals surface area contributed by atoms with Crippen LogP contribution < -0.4 is 0 Å². The molecule has 5 rings (SSSR count). The van der Waals surface area contributed by atoms with Crippen LogP contribution in [0, 0.1) is 17.8 Å². The maximum absolute atomic E-state index is 13.0. The molecule has 1 aromatic rings. The van der Waals surface area contributed by atoms with Gasteiger partial charge in [-0.2, -0.15) is 0 Å². The van der Waals surface area contributed by atoms with Gasteiger partial charge in [-0.05, 0) is 75.6 Å². The fraction of sp³-hybridized carbons (Fsp3) is 0.667. The van der Waals surface area contributed by atoms with E-state index in [1.54, 1.807) is 0 Å². The molecule has 5 nitrogen and oxygen atoms in total. The minimum atomic E-state index is -0.815. The van der Waals surface area contributed by atoms with E-state index in [9.17, 15) is 15.0 Å². The van der Waals surface area contributed by atoms with Gasteiger partial charge in [-0.3, -0.25) is 9.69 Å². The van der Waals surface area contributed by atoms with Gasteiger partial charge in [-0.25, -0.2) is 0 Å². The first-order valence-corrected chi connectivity index (χ1v) is 12.6. The van der Waals surface area contributed by atoms with E-state index >= 15 is 0 Å². The van der Waals surface area contributed by atoms with E-state index < -0.39 is 5.60 Å². The molecule has 1 aromatic carbocycles. The molecule has 32 heavy (non-hydrogen) atoms. The predicted octanol–water partition coefficient (Wildman–Crippen LogP) is 2.89. The third-order valence-electron chi connectivity index (χ3n) is 8.30. The van der Waals surface area contributed by atoms with Crippen molar-refractivity contribution in [2.75, 3.05) is 26.2 Å². The van der Waals surface area contributed by atoms with E-state index in [0.717, 1.165) is 76.6 Å². The molecule has 2 saturated carbocycles. The van der Waals surface area contributed by atoms with Crippen molar-refractivity contribution in [3.05, 3.63) is 35.4 Å². The summed E-state index contributed by atoms with van der Waals surface area (Å²) in [7, 11) is 0. The quantitative estimate of drug-likeness (QED) is 0.716. The third-order valence-corrected chi connectivity index (χ3v) is 8.30. The molecule has 4 aliphatic rings. The highest BCUT2D eigenvalue weighted by molar-refractivity contribution is 5.79. The highest BCUT2D eigenvalue weighted by Crippen LogP contribution is 2.42. The summed E-state index contributed by atoms with van der Waals surface area (Å²) >= 11 is 0. The fourth-order valence-electron chi connectivity index (χ4n) is 6.12. The molecule has 2 aliphatic heterocycles. The second kappa shape index (κ2) is 9.17. The van der Waals surface area contributed by atoms with Crippen molar-refractivity contribution in [3.63, 3.8) is 0 Å². The first-order valence-electron chi connectivity index (χ1n) is 12.6. The van der Waals surface area contributed by atoms with Crippen molar-refractivity contribution in [1.82, 2.24) is 9.80 Å². The summed E-state index contributed by atoms with van der Waals surface area (Å²) in [5.41, 5.74) is 1.32. The molecule has 2 aliphatic carbocycles. The Bertz CT molecular complexity index is 876. The molecule has 0 unspecified atom stereocenters. The summed E-state index contributed by atoms with van der Waals surface area (Å²) in [4.78, 5) is 17.5. The SMILES string of the molecule is O=C(C1CCC1)N1CCCCN2[C@H](CO)[C@H](c3ccc(C#CC4(O)CCCC4)cc3)[C@@H]2C1. The summed E-state index contributed by atoms with van der Waals surface area (Å²) in [6, 6.07) is 8.73. The largest absolute Gasteiger partial charge is 0.395 e. The minimum absolute atomic E-state index is 0.120. The van der Waals surface area contributed by atoms with Crippen LogP contribution >= 0.6 is 0 Å². The first-order chi connectivity index (χ1) is 15.6. The van der Waals surface area contributed by atoms with Crippen molar-refractivity contribution in [2.45, 2.75) is 81.4 Å². The number of rotatable bonds is 3. The second-order valence-electron chi connectivity index (χ2n) is 10.3. The van der Waals surface area contributed by atoms with Crippen LogP contribution in [0.4, 0.5) is 0 Å². The van der Waals surface area contributed by atoms with Crippen molar-refractivity contribution in [2.24, 2.45) is 5.92 Å². The van der Waals surface area contributed by atoms with Gasteiger partial charge in [-0.1, -0.05) is 30.4 Å². The van der Waals surface area contributed by atoms with Crippen LogP contribution in [0.2, 0.25) is 0 Å². The normalized spacial score (nSPS) is 30.2. The highest BCUT2D eigenvalue weighted by Gasteiger charge is 2.49. The van der Waals surface area contributed by atoms with E-state index in [1.165, 1.54) is 12.0 Å². The van der Waals surface area contributed by atoms with Gasteiger partial charge in [0.2, 0.25) is 5.91 Å². The lowest BCUT2D eigenvalue weighted by atomic mass is 9.74. The molecule has 3 atom stereocenters. The van der Waals surface area contributed by atoms with E-state index in [-0.39, 0.29) is 30.5 Å². The van der Waals surface area contributed by atoms with Gasteiger partial charge in [0.1, 0.15) is 5.60 Å². The second-order valence-corrected chi connectivity index (χ2v) is 10.3. The number of fused-ring (bicyclic) bond motifs is 1. The monoisotopic (exact) mass is 436 g/mol. The Hall–Kier alpha value is -1.87. The molecule has 2 saturated heterocycles. The van der Waals surface area contributed by atoms with Gasteiger partial charge < -0.3 is 15.1 Å². The number of benzene rings is 1. The van der Waals surface area contributed by atoms with Crippen LogP contribution in [0.5, 0.6) is 0 Å². The molecule has 2 N–H and O–H groups in total. The number of aliphatic hydroxyl groups excluding tert-OH is 1. The van der Waals surface area contributed by atoms with Crippen LogP contribution in [0.25, 0.3) is 0 Å². The molecule has 5 heteroatoms. The molecule has 0 radical (unpaired) electrons. The van der Waals surface area contributed by atoms with Crippen LogP contribution in [-0.4, -0.2) is 69.8 Å². The summed E-state index contributed by atoms with van der Waals surface area (Å²) in [5, 5.41) is 20.6. The molecule has 4 fully saturated rings. The van der Waals surface area contributed by atoms with Crippen LogP contribution in [0.3, 0.4) is 0 Å². The molecule has 0 bridgehead atoms. The summed E-state index contributed by atoms with van der Waals surface area (Å²) < 4.78 is 0. The molecule has 0 spiro atoms. The topological polar surface area (TPSA) is 64.0 Å². The summed E-state index contributed by atoms with van der Waals surface area (Å²) in [6.07, 6.45) is 9.03. The van der Waals surface area contributed by atoms with E-state index in [4.69, 9.17) is 0 Å². The van der Waals surface area contributed by atoms with Crippen molar-refractivity contribution in [1.29, 1.82) is 0 Å². The maximum atomic E-state index is 13.0. The maximum Gasteiger partial charge on any atom is 0.225 e. The van der Waals surface area contributed by atoms with E-state index in [2.05, 4.69) is 33.8 Å². The Morgan fingerprint density at radius 2 is 1.75 bits per heavy atom. The smallest absolute Gasteiger partial charge is 0.225 e. The molecule has 0 aromatic heterocycles. The summed E-state index contributed by atoms with van der Waals surface area (Å²) in [6.45, 7) is 2.78. The van der Waals surface area contributed by atoms with Gasteiger partial charge >= 0.3 is 0 Å². The van der Waals surface area contributed by atoms with E-state index in [1.807, 2.05) is 12.1 Å². The van der Waals surface area contributed by atoms with E-state index in [0.29, 0.717) is 5.91 Å². The number of nitrogens with zero attached hydrogens (tertiary/aromatic N) is 2. The fourth-order valence-corrected chi connectivity index (χ4v) is 6.12. The van der Waals surface area contributed by atoms with Gasteiger partial charge in [0.15, 0.2) is 0 Å². The van der Waals surface area contributed by atoms with Crippen molar-refractivity contribution < 1.29 is 15.0 Å². The number of hydrogen-bond acceptors (Lipinski definition) is 4. The lowest BCUT2D eigenvalue weighted by Gasteiger charge is -2.57. The Balaban J connectivity index is 1.32. The van der Waals surface area contributed by atoms with Gasteiger partial charge in [0, 0.05) is 42.6 Å². The molecule has 172 valence electrons. The molecular weight excluding hydrogens is 400 g/mol. The van der Waals surface area contributed by atoms with Crippen molar-refractivity contribution >= 4 is 5.91 Å². The first kappa shape index (κ1) is 21.9. The lowest BCUT2D eigenvalue weighted by molar-refractivity contribution is -0.143. The zero-order valence-corrected chi connectivity index (χ0v) is 19.0. The Kier molecular flexibility index (Phi) is 6.29. The zero-order chi connectivity index (χ0) is 22.1. The number of aliphatic hydroxyl groups is 2. The Morgan fingerprint density at radius 3 is 2.41 bits per heavy atom. The minimum Gasteiger partial charge on any atom is -0.395 e. The Morgan fingerprint density at radius 1 is 1.03 bits per heavy atom. The van der Waals surface area contributed by atoms with Crippen LogP contribution in [0.1, 0.15) is 74.8 Å².